The van der Waals surface area contributed by atoms with Crippen molar-refractivity contribution in [2.24, 2.45) is 7.05 Å². The summed E-state index contributed by atoms with van der Waals surface area (Å²) in [6.07, 6.45) is 4.24. The van der Waals surface area contributed by atoms with Crippen molar-refractivity contribution in [2.45, 2.75) is 30.2 Å². The summed E-state index contributed by atoms with van der Waals surface area (Å²) in [5.74, 6) is 0. The maximum absolute atomic E-state index is 12.9. The van der Waals surface area contributed by atoms with Crippen molar-refractivity contribution in [3.8, 4) is 0 Å². The lowest BCUT2D eigenvalue weighted by Gasteiger charge is -2.32. The molecule has 12 heteroatoms. The first-order valence-corrected chi connectivity index (χ1v) is 11.1. The van der Waals surface area contributed by atoms with Gasteiger partial charge < -0.3 is 0 Å². The van der Waals surface area contributed by atoms with Gasteiger partial charge in [-0.3, -0.25) is 9.36 Å². The summed E-state index contributed by atoms with van der Waals surface area (Å²) in [4.78, 5) is 0.277. The van der Waals surface area contributed by atoms with Gasteiger partial charge in [0, 0.05) is 52.2 Å². The van der Waals surface area contributed by atoms with Gasteiger partial charge in [-0.05, 0) is 13.8 Å². The van der Waals surface area contributed by atoms with Crippen LogP contribution in [0.15, 0.2) is 28.4 Å². The van der Waals surface area contributed by atoms with Crippen molar-refractivity contribution in [1.29, 1.82) is 0 Å². The highest BCUT2D eigenvalue weighted by molar-refractivity contribution is 7.89. The Morgan fingerprint density at radius 3 is 2.04 bits per heavy atom. The van der Waals surface area contributed by atoms with Crippen molar-refractivity contribution in [3.63, 3.8) is 0 Å². The average molecular weight is 403 g/mol. The zero-order valence-electron chi connectivity index (χ0n) is 14.9. The zero-order valence-corrected chi connectivity index (χ0v) is 16.5. The van der Waals surface area contributed by atoms with Crippen LogP contribution in [0.4, 0.5) is 0 Å². The van der Waals surface area contributed by atoms with E-state index in [0.717, 1.165) is 0 Å². The third kappa shape index (κ3) is 3.29. The Hall–Kier alpha value is -1.76. The van der Waals surface area contributed by atoms with E-state index in [1.807, 2.05) is 6.92 Å². The summed E-state index contributed by atoms with van der Waals surface area (Å²) in [6, 6.07) is 0. The molecule has 10 nitrogen and oxygen atoms in total. The van der Waals surface area contributed by atoms with E-state index in [1.165, 1.54) is 31.9 Å². The van der Waals surface area contributed by atoms with Gasteiger partial charge in [-0.2, -0.15) is 18.8 Å². The zero-order chi connectivity index (χ0) is 19.1. The second-order valence-corrected chi connectivity index (χ2v) is 9.94. The molecular weight excluding hydrogens is 380 g/mol. The minimum Gasteiger partial charge on any atom is -0.274 e. The van der Waals surface area contributed by atoms with Gasteiger partial charge in [0.25, 0.3) is 0 Å². The maximum atomic E-state index is 12.9. The van der Waals surface area contributed by atoms with Gasteiger partial charge in [-0.25, -0.2) is 16.8 Å². The second-order valence-electron chi connectivity index (χ2n) is 6.09. The molecule has 0 aliphatic carbocycles. The van der Waals surface area contributed by atoms with E-state index in [-0.39, 0.29) is 36.0 Å². The Kier molecular flexibility index (Phi) is 4.94. The van der Waals surface area contributed by atoms with Gasteiger partial charge in [0.1, 0.15) is 9.79 Å². The summed E-state index contributed by atoms with van der Waals surface area (Å²) in [7, 11) is -5.73. The van der Waals surface area contributed by atoms with E-state index in [4.69, 9.17) is 0 Å². The molecular formula is C14H22N6O4S2. The van der Waals surface area contributed by atoms with E-state index in [2.05, 4.69) is 10.2 Å². The predicted molar refractivity (Wildman–Crippen MR) is 93.4 cm³/mol. The van der Waals surface area contributed by atoms with Gasteiger partial charge in [-0.15, -0.1) is 0 Å². The molecule has 1 aliphatic heterocycles. The molecule has 0 spiro atoms. The van der Waals surface area contributed by atoms with Gasteiger partial charge in [-0.1, -0.05) is 0 Å². The average Bonchev–Trinajstić information content (AvgIpc) is 3.21. The van der Waals surface area contributed by atoms with Crippen LogP contribution in [-0.4, -0.2) is 71.2 Å². The van der Waals surface area contributed by atoms with Crippen LogP contribution in [0, 0.1) is 6.92 Å². The van der Waals surface area contributed by atoms with Crippen LogP contribution in [0.5, 0.6) is 0 Å². The molecule has 0 aromatic carbocycles. The summed E-state index contributed by atoms with van der Waals surface area (Å²) in [5, 5.41) is 8.07. The Morgan fingerprint density at radius 2 is 1.58 bits per heavy atom. The number of piperazine rings is 1. The number of rotatable bonds is 5. The van der Waals surface area contributed by atoms with Gasteiger partial charge in [0.2, 0.25) is 20.0 Å². The van der Waals surface area contributed by atoms with Crippen LogP contribution in [0.25, 0.3) is 0 Å². The summed E-state index contributed by atoms with van der Waals surface area (Å²) in [5.41, 5.74) is 0.442. The highest BCUT2D eigenvalue weighted by Crippen LogP contribution is 2.23. The summed E-state index contributed by atoms with van der Waals surface area (Å²) < 4.78 is 56.5. The smallest absolute Gasteiger partial charge is 0.246 e. The molecule has 1 aliphatic rings. The lowest BCUT2D eigenvalue weighted by Crippen LogP contribution is -2.50. The first-order chi connectivity index (χ1) is 12.2. The third-order valence-corrected chi connectivity index (χ3v) is 8.21. The normalized spacial score (nSPS) is 17.7. The van der Waals surface area contributed by atoms with Gasteiger partial charge in [0.15, 0.2) is 0 Å². The number of aromatic nitrogens is 4. The molecule has 2 aromatic rings. The number of sulfonamides is 2. The van der Waals surface area contributed by atoms with Crippen molar-refractivity contribution >= 4 is 20.0 Å². The molecule has 1 fully saturated rings. The molecule has 0 unspecified atom stereocenters. The molecule has 0 amide bonds. The first-order valence-electron chi connectivity index (χ1n) is 8.19. The van der Waals surface area contributed by atoms with Crippen LogP contribution in [0.3, 0.4) is 0 Å². The fourth-order valence-electron chi connectivity index (χ4n) is 2.89. The number of hydrogen-bond donors (Lipinski definition) is 0. The molecule has 0 N–H and O–H groups in total. The molecule has 0 bridgehead atoms. The molecule has 0 saturated carbocycles. The van der Waals surface area contributed by atoms with E-state index >= 15 is 0 Å². The largest absolute Gasteiger partial charge is 0.274 e. The van der Waals surface area contributed by atoms with Gasteiger partial charge in [0.05, 0.1) is 11.9 Å². The molecule has 2 aromatic heterocycles. The number of nitrogens with zero attached hydrogens (tertiary/aromatic N) is 6. The van der Waals surface area contributed by atoms with Gasteiger partial charge >= 0.3 is 0 Å². The minimum absolute atomic E-state index is 0.0947. The Labute approximate surface area is 153 Å². The minimum atomic E-state index is -3.70. The number of aryl methyl sites for hydroxylation is 3. The monoisotopic (exact) mass is 402 g/mol. The van der Waals surface area contributed by atoms with Crippen LogP contribution in [0.2, 0.25) is 0 Å². The van der Waals surface area contributed by atoms with E-state index < -0.39 is 20.0 Å². The highest BCUT2D eigenvalue weighted by Gasteiger charge is 2.35. The topological polar surface area (TPSA) is 110 Å². The van der Waals surface area contributed by atoms with Crippen molar-refractivity contribution in [3.05, 3.63) is 24.3 Å². The highest BCUT2D eigenvalue weighted by atomic mass is 32.2. The number of hydrogen-bond acceptors (Lipinski definition) is 6. The Balaban J connectivity index is 1.76. The predicted octanol–water partition coefficient (Wildman–Crippen LogP) is -0.360. The molecule has 144 valence electrons. The first kappa shape index (κ1) is 19.0. The standard InChI is InChI=1S/C14H22N6O4S2/c1-4-18-11-14(12(2)16-18)26(23,24)20-7-5-19(6-8-20)25(21,22)13-9-15-17(3)10-13/h9-11H,4-8H2,1-3H3. The van der Waals surface area contributed by atoms with Crippen LogP contribution in [-0.2, 0) is 33.6 Å². The fraction of sp³-hybridized carbons (Fsp3) is 0.571. The lowest BCUT2D eigenvalue weighted by atomic mass is 10.4. The fourth-order valence-corrected chi connectivity index (χ4v) is 5.88. The Morgan fingerprint density at radius 1 is 1.00 bits per heavy atom. The second kappa shape index (κ2) is 6.76. The molecule has 0 atom stereocenters. The quantitative estimate of drug-likeness (QED) is 0.675. The van der Waals surface area contributed by atoms with Crippen LogP contribution in [0.1, 0.15) is 12.6 Å². The van der Waals surface area contributed by atoms with Crippen molar-refractivity contribution in [2.75, 3.05) is 26.2 Å². The van der Waals surface area contributed by atoms with E-state index in [9.17, 15) is 16.8 Å². The maximum Gasteiger partial charge on any atom is 0.246 e. The van der Waals surface area contributed by atoms with E-state index in [1.54, 1.807) is 18.7 Å². The third-order valence-electron chi connectivity index (χ3n) is 4.36. The van der Waals surface area contributed by atoms with Crippen LogP contribution >= 0.6 is 0 Å². The van der Waals surface area contributed by atoms with Crippen molar-refractivity contribution < 1.29 is 16.8 Å². The van der Waals surface area contributed by atoms with Crippen LogP contribution < -0.4 is 0 Å². The van der Waals surface area contributed by atoms with Crippen molar-refractivity contribution in [1.82, 2.24) is 28.2 Å². The Bertz CT molecular complexity index is 1000. The molecule has 3 rings (SSSR count). The molecule has 3 heterocycles. The molecule has 26 heavy (non-hydrogen) atoms. The summed E-state index contributed by atoms with van der Waals surface area (Å²) in [6.45, 7) is 4.49. The van der Waals surface area contributed by atoms with E-state index in [0.29, 0.717) is 12.2 Å². The summed E-state index contributed by atoms with van der Waals surface area (Å²) >= 11 is 0. The SMILES string of the molecule is CCn1cc(S(=O)(=O)N2CCN(S(=O)(=O)c3cnn(C)c3)CC2)c(C)n1. The lowest BCUT2D eigenvalue weighted by molar-refractivity contribution is 0.272. The molecule has 0 radical (unpaired) electrons. The molecule has 1 saturated heterocycles.